The van der Waals surface area contributed by atoms with E-state index in [4.69, 9.17) is 4.74 Å². The molecule has 0 unspecified atom stereocenters. The summed E-state index contributed by atoms with van der Waals surface area (Å²) >= 11 is 0. The van der Waals surface area contributed by atoms with Gasteiger partial charge in [0.15, 0.2) is 0 Å². The number of esters is 1. The molecular formula is C24H20N2O4S. The second kappa shape index (κ2) is 8.62. The number of carbonyl (C=O) groups is 1. The van der Waals surface area contributed by atoms with Crippen molar-refractivity contribution in [2.75, 3.05) is 16.6 Å². The summed E-state index contributed by atoms with van der Waals surface area (Å²) in [5, 5.41) is 9.25. The van der Waals surface area contributed by atoms with Crippen LogP contribution in [0.15, 0.2) is 72.8 Å². The van der Waals surface area contributed by atoms with Gasteiger partial charge in [0.1, 0.15) is 6.61 Å². The first-order valence-electron chi connectivity index (χ1n) is 9.84. The minimum Gasteiger partial charge on any atom is -0.457 e. The summed E-state index contributed by atoms with van der Waals surface area (Å²) in [5.41, 5.74) is 4.12. The van der Waals surface area contributed by atoms with Crippen molar-refractivity contribution in [3.05, 3.63) is 89.5 Å². The van der Waals surface area contributed by atoms with Crippen molar-refractivity contribution < 1.29 is 17.9 Å². The monoisotopic (exact) mass is 432 g/mol. The van der Waals surface area contributed by atoms with Crippen molar-refractivity contribution >= 4 is 21.7 Å². The van der Waals surface area contributed by atoms with Gasteiger partial charge in [-0.25, -0.2) is 13.2 Å². The SMILES string of the molecule is N#Cc1ccccc1-c1ccc(COC(=O)c2ccc(N3CCCS3(=O)=O)cc2)cc1. The molecule has 0 spiro atoms. The summed E-state index contributed by atoms with van der Waals surface area (Å²) in [6.07, 6.45) is 0.604. The zero-order valence-corrected chi connectivity index (χ0v) is 17.5. The molecule has 156 valence electrons. The number of hydrogen-bond acceptors (Lipinski definition) is 5. The van der Waals surface area contributed by atoms with Crippen LogP contribution in [-0.2, 0) is 21.4 Å². The molecule has 0 atom stereocenters. The number of sulfonamides is 1. The Morgan fingerprint density at radius 1 is 1.00 bits per heavy atom. The summed E-state index contributed by atoms with van der Waals surface area (Å²) in [7, 11) is -3.25. The van der Waals surface area contributed by atoms with Gasteiger partial charge in [-0.3, -0.25) is 4.31 Å². The van der Waals surface area contributed by atoms with Crippen LogP contribution in [0.1, 0.15) is 27.9 Å². The highest BCUT2D eigenvalue weighted by Gasteiger charge is 2.28. The number of nitrogens with zero attached hydrogens (tertiary/aromatic N) is 2. The highest BCUT2D eigenvalue weighted by molar-refractivity contribution is 7.93. The van der Waals surface area contributed by atoms with E-state index in [0.29, 0.717) is 29.8 Å². The zero-order valence-electron chi connectivity index (χ0n) is 16.7. The molecule has 0 amide bonds. The molecule has 0 aromatic heterocycles. The zero-order chi connectivity index (χ0) is 21.8. The van der Waals surface area contributed by atoms with Gasteiger partial charge in [0.2, 0.25) is 10.0 Å². The first-order valence-corrected chi connectivity index (χ1v) is 11.4. The molecule has 0 N–H and O–H groups in total. The summed E-state index contributed by atoms with van der Waals surface area (Å²) in [5.74, 6) is -0.327. The van der Waals surface area contributed by atoms with Crippen LogP contribution < -0.4 is 4.31 Å². The van der Waals surface area contributed by atoms with E-state index >= 15 is 0 Å². The molecular weight excluding hydrogens is 412 g/mol. The van der Waals surface area contributed by atoms with Crippen molar-refractivity contribution in [3.8, 4) is 17.2 Å². The molecule has 0 bridgehead atoms. The first kappa shape index (κ1) is 20.6. The third kappa shape index (κ3) is 4.44. The van der Waals surface area contributed by atoms with E-state index in [1.54, 1.807) is 30.3 Å². The standard InChI is InChI=1S/C24H20N2O4S/c25-16-21-4-1-2-5-23(21)19-8-6-18(7-9-19)17-30-24(27)20-10-12-22(13-11-20)26-14-3-15-31(26,28)29/h1-2,4-13H,3,14-15,17H2. The molecule has 4 rings (SSSR count). The smallest absolute Gasteiger partial charge is 0.338 e. The van der Waals surface area contributed by atoms with Crippen LogP contribution in [0.5, 0.6) is 0 Å². The van der Waals surface area contributed by atoms with Gasteiger partial charge in [-0.05, 0) is 53.4 Å². The average molecular weight is 433 g/mol. The molecule has 1 aliphatic heterocycles. The van der Waals surface area contributed by atoms with E-state index < -0.39 is 16.0 Å². The molecule has 1 saturated heterocycles. The quantitative estimate of drug-likeness (QED) is 0.566. The molecule has 1 heterocycles. The fraction of sp³-hybridized carbons (Fsp3) is 0.167. The molecule has 3 aromatic rings. The van der Waals surface area contributed by atoms with Crippen molar-refractivity contribution in [3.63, 3.8) is 0 Å². The molecule has 0 aliphatic carbocycles. The van der Waals surface area contributed by atoms with Gasteiger partial charge in [-0.15, -0.1) is 0 Å². The minimum absolute atomic E-state index is 0.112. The van der Waals surface area contributed by atoms with E-state index in [1.807, 2.05) is 42.5 Å². The molecule has 3 aromatic carbocycles. The predicted molar refractivity (Wildman–Crippen MR) is 118 cm³/mol. The minimum atomic E-state index is -3.25. The van der Waals surface area contributed by atoms with Gasteiger partial charge in [0.05, 0.1) is 28.6 Å². The second-order valence-electron chi connectivity index (χ2n) is 7.22. The van der Waals surface area contributed by atoms with Crippen LogP contribution >= 0.6 is 0 Å². The molecule has 1 aliphatic rings. The van der Waals surface area contributed by atoms with Gasteiger partial charge in [-0.1, -0.05) is 42.5 Å². The number of hydrogen-bond donors (Lipinski definition) is 0. The number of nitriles is 1. The number of anilines is 1. The lowest BCUT2D eigenvalue weighted by atomic mass is 9.99. The van der Waals surface area contributed by atoms with Crippen LogP contribution in [0.3, 0.4) is 0 Å². The Labute approximate surface area is 181 Å². The van der Waals surface area contributed by atoms with Gasteiger partial charge in [-0.2, -0.15) is 5.26 Å². The number of benzene rings is 3. The Morgan fingerprint density at radius 3 is 2.35 bits per heavy atom. The Bertz CT molecular complexity index is 1240. The van der Waals surface area contributed by atoms with E-state index in [0.717, 1.165) is 16.7 Å². The lowest BCUT2D eigenvalue weighted by Crippen LogP contribution is -2.25. The number of carbonyl (C=O) groups excluding carboxylic acids is 1. The number of rotatable bonds is 5. The summed E-state index contributed by atoms with van der Waals surface area (Å²) in [6, 6.07) is 23.5. The third-order valence-electron chi connectivity index (χ3n) is 5.17. The van der Waals surface area contributed by atoms with E-state index in [1.165, 1.54) is 4.31 Å². The van der Waals surface area contributed by atoms with E-state index in [9.17, 15) is 18.5 Å². The maximum Gasteiger partial charge on any atom is 0.338 e. The fourth-order valence-electron chi connectivity index (χ4n) is 3.54. The lowest BCUT2D eigenvalue weighted by Gasteiger charge is -2.16. The Morgan fingerprint density at radius 2 is 1.71 bits per heavy atom. The Balaban J connectivity index is 1.39. The van der Waals surface area contributed by atoms with Gasteiger partial charge < -0.3 is 4.74 Å². The Kier molecular flexibility index (Phi) is 5.74. The highest BCUT2D eigenvalue weighted by atomic mass is 32.2. The van der Waals surface area contributed by atoms with Crippen LogP contribution in [-0.4, -0.2) is 26.7 Å². The van der Waals surface area contributed by atoms with Crippen LogP contribution in [0.2, 0.25) is 0 Å². The van der Waals surface area contributed by atoms with Crippen LogP contribution in [0, 0.1) is 11.3 Å². The summed E-state index contributed by atoms with van der Waals surface area (Å²) in [4.78, 5) is 12.4. The van der Waals surface area contributed by atoms with E-state index in [2.05, 4.69) is 6.07 Å². The normalized spacial score (nSPS) is 14.7. The maximum atomic E-state index is 12.4. The van der Waals surface area contributed by atoms with Crippen molar-refractivity contribution in [2.24, 2.45) is 0 Å². The maximum absolute atomic E-state index is 12.4. The van der Waals surface area contributed by atoms with Crippen molar-refractivity contribution in [2.45, 2.75) is 13.0 Å². The van der Waals surface area contributed by atoms with Crippen LogP contribution in [0.4, 0.5) is 5.69 Å². The topological polar surface area (TPSA) is 87.5 Å². The molecule has 7 heteroatoms. The molecule has 1 fully saturated rings. The molecule has 6 nitrogen and oxygen atoms in total. The van der Waals surface area contributed by atoms with Gasteiger partial charge >= 0.3 is 5.97 Å². The molecule has 0 radical (unpaired) electrons. The molecule has 0 saturated carbocycles. The van der Waals surface area contributed by atoms with Crippen LogP contribution in [0.25, 0.3) is 11.1 Å². The third-order valence-corrected chi connectivity index (χ3v) is 7.04. The predicted octanol–water partition coefficient (Wildman–Crippen LogP) is 4.12. The number of ether oxygens (including phenoxy) is 1. The highest BCUT2D eigenvalue weighted by Crippen LogP contribution is 2.25. The second-order valence-corrected chi connectivity index (χ2v) is 9.23. The van der Waals surface area contributed by atoms with E-state index in [-0.39, 0.29) is 12.4 Å². The van der Waals surface area contributed by atoms with Crippen molar-refractivity contribution in [1.29, 1.82) is 5.26 Å². The molecule has 31 heavy (non-hydrogen) atoms. The van der Waals surface area contributed by atoms with Gasteiger partial charge in [0.25, 0.3) is 0 Å². The van der Waals surface area contributed by atoms with Gasteiger partial charge in [0, 0.05) is 6.54 Å². The largest absolute Gasteiger partial charge is 0.457 e. The summed E-state index contributed by atoms with van der Waals surface area (Å²) in [6.45, 7) is 0.572. The fourth-order valence-corrected chi connectivity index (χ4v) is 5.10. The Hall–Kier alpha value is -3.63. The lowest BCUT2D eigenvalue weighted by molar-refractivity contribution is 0.0473. The first-order chi connectivity index (χ1) is 15.0. The average Bonchev–Trinajstić information content (AvgIpc) is 3.16. The summed E-state index contributed by atoms with van der Waals surface area (Å²) < 4.78 is 30.8. The van der Waals surface area contributed by atoms with Crippen molar-refractivity contribution in [1.82, 2.24) is 0 Å².